The van der Waals surface area contributed by atoms with E-state index in [1.807, 2.05) is 31.2 Å². The van der Waals surface area contributed by atoms with Gasteiger partial charge < -0.3 is 16.0 Å². The van der Waals surface area contributed by atoms with Gasteiger partial charge in [-0.2, -0.15) is 0 Å². The second kappa shape index (κ2) is 5.63. The molecule has 1 rings (SSSR count). The van der Waals surface area contributed by atoms with E-state index < -0.39 is 0 Å². The van der Waals surface area contributed by atoms with E-state index in [0.29, 0.717) is 5.11 Å². The van der Waals surface area contributed by atoms with Crippen molar-refractivity contribution in [3.05, 3.63) is 24.3 Å². The van der Waals surface area contributed by atoms with Gasteiger partial charge in [-0.1, -0.05) is 12.2 Å². The molecule has 3 N–H and O–H groups in total. The summed E-state index contributed by atoms with van der Waals surface area (Å²) in [6, 6.07) is 7.75. The Morgan fingerprint density at radius 3 is 1.87 bits per heavy atom. The molecule has 0 aliphatic heterocycles. The molecule has 0 amide bonds. The molecule has 0 spiro atoms. The Hall–Kier alpha value is -1.20. The van der Waals surface area contributed by atoms with Crippen LogP contribution in [0.15, 0.2) is 24.3 Å². The SMILES string of the molecule is CNC(=S)Nc1ccc(NC(C)=S)cc1. The Balaban J connectivity index is 2.64. The van der Waals surface area contributed by atoms with E-state index in [2.05, 4.69) is 16.0 Å². The third kappa shape index (κ3) is 4.22. The van der Waals surface area contributed by atoms with Crippen LogP contribution >= 0.6 is 24.4 Å². The van der Waals surface area contributed by atoms with E-state index in [9.17, 15) is 0 Å². The van der Waals surface area contributed by atoms with Gasteiger partial charge in [0.15, 0.2) is 5.11 Å². The van der Waals surface area contributed by atoms with Crippen LogP contribution in [0.4, 0.5) is 11.4 Å². The molecule has 0 saturated carbocycles. The summed E-state index contributed by atoms with van der Waals surface area (Å²) in [7, 11) is 1.78. The maximum Gasteiger partial charge on any atom is 0.170 e. The monoisotopic (exact) mass is 239 g/mol. The zero-order chi connectivity index (χ0) is 11.3. The van der Waals surface area contributed by atoms with Crippen molar-refractivity contribution >= 4 is 45.9 Å². The molecule has 15 heavy (non-hydrogen) atoms. The molecule has 5 heteroatoms. The van der Waals surface area contributed by atoms with Crippen molar-refractivity contribution in [2.75, 3.05) is 17.7 Å². The van der Waals surface area contributed by atoms with Gasteiger partial charge >= 0.3 is 0 Å². The van der Waals surface area contributed by atoms with Crippen molar-refractivity contribution in [2.24, 2.45) is 0 Å². The molecular formula is C10H13N3S2. The zero-order valence-corrected chi connectivity index (χ0v) is 10.3. The molecule has 1 aromatic rings. The zero-order valence-electron chi connectivity index (χ0n) is 8.63. The Bertz CT molecular complexity index is 359. The highest BCUT2D eigenvalue weighted by Crippen LogP contribution is 2.13. The van der Waals surface area contributed by atoms with Gasteiger partial charge in [0.2, 0.25) is 0 Å². The lowest BCUT2D eigenvalue weighted by atomic mass is 10.3. The van der Waals surface area contributed by atoms with E-state index in [1.54, 1.807) is 7.05 Å². The third-order valence-electron chi connectivity index (χ3n) is 1.69. The van der Waals surface area contributed by atoms with E-state index >= 15 is 0 Å². The second-order valence-corrected chi connectivity index (χ2v) is 3.98. The number of benzene rings is 1. The number of nitrogens with one attached hydrogen (secondary N) is 3. The fourth-order valence-electron chi connectivity index (χ4n) is 1.03. The molecule has 0 aliphatic carbocycles. The predicted octanol–water partition coefficient (Wildman–Crippen LogP) is 2.36. The molecule has 0 heterocycles. The lowest BCUT2D eigenvalue weighted by Crippen LogP contribution is -2.24. The average molecular weight is 239 g/mol. The van der Waals surface area contributed by atoms with Crippen molar-refractivity contribution in [2.45, 2.75) is 6.92 Å². The van der Waals surface area contributed by atoms with Gasteiger partial charge in [0.05, 0.1) is 4.99 Å². The van der Waals surface area contributed by atoms with Crippen LogP contribution in [0.1, 0.15) is 6.92 Å². The van der Waals surface area contributed by atoms with Crippen LogP contribution in [-0.4, -0.2) is 17.1 Å². The first kappa shape index (κ1) is 11.9. The lowest BCUT2D eigenvalue weighted by Gasteiger charge is -2.08. The summed E-state index contributed by atoms with van der Waals surface area (Å²) in [4.78, 5) is 0.751. The maximum absolute atomic E-state index is 4.98. The quantitative estimate of drug-likeness (QED) is 0.691. The highest BCUT2D eigenvalue weighted by Gasteiger charge is 1.96. The smallest absolute Gasteiger partial charge is 0.170 e. The average Bonchev–Trinajstić information content (AvgIpc) is 2.20. The normalized spacial score (nSPS) is 9.20. The minimum Gasteiger partial charge on any atom is -0.366 e. The number of hydrogen-bond acceptors (Lipinski definition) is 2. The molecule has 0 bridgehead atoms. The second-order valence-electron chi connectivity index (χ2n) is 2.96. The van der Waals surface area contributed by atoms with E-state index in [0.717, 1.165) is 16.4 Å². The maximum atomic E-state index is 4.98. The highest BCUT2D eigenvalue weighted by molar-refractivity contribution is 7.80. The standard InChI is InChI=1S/C10H13N3S2/c1-7(14)12-8-3-5-9(6-4-8)13-10(15)11-2/h3-6H,1-2H3,(H,12,14)(H2,11,13,15). The van der Waals surface area contributed by atoms with Gasteiger partial charge in [0.25, 0.3) is 0 Å². The summed E-state index contributed by atoms with van der Waals surface area (Å²) in [5.74, 6) is 0. The fourth-order valence-corrected chi connectivity index (χ4v) is 1.27. The predicted molar refractivity (Wildman–Crippen MR) is 73.6 cm³/mol. The molecule has 0 aliphatic rings. The number of anilines is 2. The highest BCUT2D eigenvalue weighted by atomic mass is 32.1. The summed E-state index contributed by atoms with van der Waals surface area (Å²) in [6.45, 7) is 1.84. The van der Waals surface area contributed by atoms with Crippen LogP contribution < -0.4 is 16.0 Å². The lowest BCUT2D eigenvalue weighted by molar-refractivity contribution is 1.20. The largest absolute Gasteiger partial charge is 0.366 e. The molecule has 0 saturated heterocycles. The number of hydrogen-bond donors (Lipinski definition) is 3. The molecule has 0 radical (unpaired) electrons. The van der Waals surface area contributed by atoms with E-state index in [1.165, 1.54) is 0 Å². The third-order valence-corrected chi connectivity index (χ3v) is 2.10. The van der Waals surface area contributed by atoms with Crippen molar-refractivity contribution in [1.82, 2.24) is 5.32 Å². The minimum absolute atomic E-state index is 0.599. The van der Waals surface area contributed by atoms with Gasteiger partial charge in [-0.3, -0.25) is 0 Å². The summed E-state index contributed by atoms with van der Waals surface area (Å²) in [5, 5.41) is 9.53. The molecular weight excluding hydrogens is 226 g/mol. The van der Waals surface area contributed by atoms with Gasteiger partial charge in [-0.15, -0.1) is 0 Å². The first-order chi connectivity index (χ1) is 7.11. The summed E-state index contributed by atoms with van der Waals surface area (Å²) >= 11 is 9.92. The number of rotatable bonds is 2. The van der Waals surface area contributed by atoms with Crippen molar-refractivity contribution < 1.29 is 0 Å². The Kier molecular flexibility index (Phi) is 4.45. The minimum atomic E-state index is 0.599. The van der Waals surface area contributed by atoms with Crippen LogP contribution in [0.2, 0.25) is 0 Å². The van der Waals surface area contributed by atoms with Gasteiger partial charge in [-0.25, -0.2) is 0 Å². The van der Waals surface area contributed by atoms with Crippen molar-refractivity contribution in [1.29, 1.82) is 0 Å². The van der Waals surface area contributed by atoms with Crippen LogP contribution in [0.25, 0.3) is 0 Å². The Morgan fingerprint density at radius 1 is 1.00 bits per heavy atom. The summed E-state index contributed by atoms with van der Waals surface area (Å²) < 4.78 is 0. The van der Waals surface area contributed by atoms with Crippen molar-refractivity contribution in [3.8, 4) is 0 Å². The molecule has 0 aromatic heterocycles. The van der Waals surface area contributed by atoms with Gasteiger partial charge in [0.1, 0.15) is 0 Å². The van der Waals surface area contributed by atoms with Gasteiger partial charge in [0, 0.05) is 18.4 Å². The molecule has 80 valence electrons. The van der Waals surface area contributed by atoms with Crippen LogP contribution in [0.5, 0.6) is 0 Å². The summed E-state index contributed by atoms with van der Waals surface area (Å²) in [5.41, 5.74) is 1.92. The first-order valence-electron chi connectivity index (χ1n) is 4.48. The van der Waals surface area contributed by atoms with Crippen LogP contribution in [-0.2, 0) is 0 Å². The van der Waals surface area contributed by atoms with Crippen LogP contribution in [0.3, 0.4) is 0 Å². The molecule has 1 aromatic carbocycles. The van der Waals surface area contributed by atoms with E-state index in [-0.39, 0.29) is 0 Å². The number of thiocarbonyl (C=S) groups is 2. The molecule has 0 unspecified atom stereocenters. The fraction of sp³-hybridized carbons (Fsp3) is 0.200. The molecule has 3 nitrogen and oxygen atoms in total. The van der Waals surface area contributed by atoms with Crippen LogP contribution in [0, 0.1) is 0 Å². The summed E-state index contributed by atoms with van der Waals surface area (Å²) in [6.07, 6.45) is 0. The Morgan fingerprint density at radius 2 is 1.47 bits per heavy atom. The first-order valence-corrected chi connectivity index (χ1v) is 5.30. The van der Waals surface area contributed by atoms with Crippen molar-refractivity contribution in [3.63, 3.8) is 0 Å². The van der Waals surface area contributed by atoms with E-state index in [4.69, 9.17) is 24.4 Å². The molecule has 0 fully saturated rings. The molecule has 0 atom stereocenters. The topological polar surface area (TPSA) is 36.1 Å². The van der Waals surface area contributed by atoms with Gasteiger partial charge in [-0.05, 0) is 43.4 Å². The Labute approximate surface area is 100 Å².